The highest BCUT2D eigenvalue weighted by Gasteiger charge is 2.29. The van der Waals surface area contributed by atoms with Gasteiger partial charge in [0.1, 0.15) is 5.75 Å². The zero-order valence-electron chi connectivity index (χ0n) is 13.5. The van der Waals surface area contributed by atoms with Crippen LogP contribution in [0.1, 0.15) is 30.9 Å². The molecular weight excluding hydrogens is 280 g/mol. The number of carbonyl (C=O) groups excluding carboxylic acids is 2. The lowest BCUT2D eigenvalue weighted by Gasteiger charge is -2.32. The molecule has 2 rings (SSSR count). The Hall–Kier alpha value is -2.04. The van der Waals surface area contributed by atoms with Crippen LogP contribution in [-0.4, -0.2) is 35.9 Å². The van der Waals surface area contributed by atoms with Gasteiger partial charge in [0, 0.05) is 19.0 Å². The molecule has 1 aliphatic rings. The monoisotopic (exact) mass is 304 g/mol. The second-order valence-corrected chi connectivity index (χ2v) is 6.03. The Morgan fingerprint density at radius 3 is 2.50 bits per heavy atom. The number of amides is 2. The smallest absolute Gasteiger partial charge is 0.263 e. The van der Waals surface area contributed by atoms with Crippen molar-refractivity contribution in [3.05, 3.63) is 29.3 Å². The minimum Gasteiger partial charge on any atom is -0.481 e. The SMILES string of the molecule is Cc1ccc(C)c(O[C@H](C)C(=O)N2CCC(C(N)=O)CC2)c1. The fourth-order valence-corrected chi connectivity index (χ4v) is 2.72. The summed E-state index contributed by atoms with van der Waals surface area (Å²) in [5.74, 6) is 0.322. The van der Waals surface area contributed by atoms with E-state index in [9.17, 15) is 9.59 Å². The highest BCUT2D eigenvalue weighted by molar-refractivity contribution is 5.82. The van der Waals surface area contributed by atoms with Crippen molar-refractivity contribution in [2.75, 3.05) is 13.1 Å². The molecule has 2 N–H and O–H groups in total. The molecule has 0 aliphatic carbocycles. The number of nitrogens with two attached hydrogens (primary N) is 1. The number of nitrogens with zero attached hydrogens (tertiary/aromatic N) is 1. The van der Waals surface area contributed by atoms with Crippen LogP contribution in [0.15, 0.2) is 18.2 Å². The first-order chi connectivity index (χ1) is 10.4. The van der Waals surface area contributed by atoms with Gasteiger partial charge in [-0.25, -0.2) is 0 Å². The summed E-state index contributed by atoms with van der Waals surface area (Å²) < 4.78 is 5.83. The fourth-order valence-electron chi connectivity index (χ4n) is 2.72. The lowest BCUT2D eigenvalue weighted by Crippen LogP contribution is -2.46. The predicted molar refractivity (Wildman–Crippen MR) is 84.5 cm³/mol. The number of primary amides is 1. The van der Waals surface area contributed by atoms with Crippen molar-refractivity contribution >= 4 is 11.8 Å². The first kappa shape index (κ1) is 16.3. The van der Waals surface area contributed by atoms with Gasteiger partial charge in [0.05, 0.1) is 0 Å². The Morgan fingerprint density at radius 2 is 1.91 bits per heavy atom. The van der Waals surface area contributed by atoms with E-state index in [0.717, 1.165) is 16.9 Å². The first-order valence-corrected chi connectivity index (χ1v) is 7.70. The maximum atomic E-state index is 12.5. The Balaban J connectivity index is 1.95. The third-order valence-electron chi connectivity index (χ3n) is 4.20. The second kappa shape index (κ2) is 6.81. The van der Waals surface area contributed by atoms with E-state index < -0.39 is 6.10 Å². The summed E-state index contributed by atoms with van der Waals surface area (Å²) in [5, 5.41) is 0. The number of rotatable bonds is 4. The zero-order chi connectivity index (χ0) is 16.3. The van der Waals surface area contributed by atoms with Crippen LogP contribution < -0.4 is 10.5 Å². The minimum absolute atomic E-state index is 0.0381. The zero-order valence-corrected chi connectivity index (χ0v) is 13.5. The molecule has 5 nitrogen and oxygen atoms in total. The maximum Gasteiger partial charge on any atom is 0.263 e. The topological polar surface area (TPSA) is 72.6 Å². The number of carbonyl (C=O) groups is 2. The van der Waals surface area contributed by atoms with Gasteiger partial charge >= 0.3 is 0 Å². The van der Waals surface area contributed by atoms with E-state index in [2.05, 4.69) is 0 Å². The van der Waals surface area contributed by atoms with Crippen molar-refractivity contribution in [2.45, 2.75) is 39.7 Å². The van der Waals surface area contributed by atoms with E-state index in [1.54, 1.807) is 11.8 Å². The van der Waals surface area contributed by atoms with Crippen LogP contribution in [0.25, 0.3) is 0 Å². The molecule has 0 radical (unpaired) electrons. The van der Waals surface area contributed by atoms with E-state index in [1.807, 2.05) is 32.0 Å². The van der Waals surface area contributed by atoms with E-state index in [1.165, 1.54) is 0 Å². The molecule has 2 amide bonds. The molecule has 0 aromatic heterocycles. The molecule has 1 fully saturated rings. The normalized spacial score (nSPS) is 17.1. The van der Waals surface area contributed by atoms with Crippen LogP contribution in [0.4, 0.5) is 0 Å². The van der Waals surface area contributed by atoms with Crippen molar-refractivity contribution in [3.63, 3.8) is 0 Å². The van der Waals surface area contributed by atoms with Gasteiger partial charge in [-0.05, 0) is 50.8 Å². The van der Waals surface area contributed by atoms with Gasteiger partial charge in [-0.1, -0.05) is 12.1 Å². The molecule has 22 heavy (non-hydrogen) atoms. The van der Waals surface area contributed by atoms with Gasteiger partial charge in [0.2, 0.25) is 5.91 Å². The summed E-state index contributed by atoms with van der Waals surface area (Å²) >= 11 is 0. The Kier molecular flexibility index (Phi) is 5.06. The molecule has 0 unspecified atom stereocenters. The molecule has 0 spiro atoms. The summed E-state index contributed by atoms with van der Waals surface area (Å²) in [5.41, 5.74) is 7.43. The molecule has 0 bridgehead atoms. The van der Waals surface area contributed by atoms with Crippen LogP contribution in [-0.2, 0) is 9.59 Å². The average molecular weight is 304 g/mol. The number of piperidine rings is 1. The molecule has 120 valence electrons. The van der Waals surface area contributed by atoms with Crippen LogP contribution in [0.5, 0.6) is 5.75 Å². The van der Waals surface area contributed by atoms with Gasteiger partial charge in [0.15, 0.2) is 6.10 Å². The Labute approximate surface area is 131 Å². The molecule has 1 aromatic rings. The Morgan fingerprint density at radius 1 is 1.27 bits per heavy atom. The Bertz CT molecular complexity index is 563. The first-order valence-electron chi connectivity index (χ1n) is 7.70. The third-order valence-corrected chi connectivity index (χ3v) is 4.20. The number of ether oxygens (including phenoxy) is 1. The van der Waals surface area contributed by atoms with Crippen molar-refractivity contribution in [3.8, 4) is 5.75 Å². The van der Waals surface area contributed by atoms with E-state index in [-0.39, 0.29) is 17.7 Å². The van der Waals surface area contributed by atoms with Crippen LogP contribution >= 0.6 is 0 Å². The number of hydrogen-bond donors (Lipinski definition) is 1. The van der Waals surface area contributed by atoms with Crippen LogP contribution in [0, 0.1) is 19.8 Å². The standard InChI is InChI=1S/C17H24N2O3/c1-11-4-5-12(2)15(10-11)22-13(3)17(21)19-8-6-14(7-9-19)16(18)20/h4-5,10,13-14H,6-9H2,1-3H3,(H2,18,20)/t13-/m1/s1. The van der Waals surface area contributed by atoms with Gasteiger partial charge < -0.3 is 15.4 Å². The van der Waals surface area contributed by atoms with Gasteiger partial charge in [0.25, 0.3) is 5.91 Å². The van der Waals surface area contributed by atoms with Crippen molar-refractivity contribution in [1.29, 1.82) is 0 Å². The summed E-state index contributed by atoms with van der Waals surface area (Å²) in [6.45, 7) is 6.85. The number of likely N-dealkylation sites (tertiary alicyclic amines) is 1. The lowest BCUT2D eigenvalue weighted by atomic mass is 9.96. The highest BCUT2D eigenvalue weighted by atomic mass is 16.5. The largest absolute Gasteiger partial charge is 0.481 e. The molecule has 1 saturated heterocycles. The lowest BCUT2D eigenvalue weighted by molar-refractivity contribution is -0.140. The van der Waals surface area contributed by atoms with Crippen LogP contribution in [0.2, 0.25) is 0 Å². The number of hydrogen-bond acceptors (Lipinski definition) is 3. The van der Waals surface area contributed by atoms with Gasteiger partial charge in [-0.2, -0.15) is 0 Å². The average Bonchev–Trinajstić information content (AvgIpc) is 2.50. The second-order valence-electron chi connectivity index (χ2n) is 6.03. The van der Waals surface area contributed by atoms with Crippen molar-refractivity contribution in [2.24, 2.45) is 11.7 Å². The van der Waals surface area contributed by atoms with E-state index in [0.29, 0.717) is 25.9 Å². The highest BCUT2D eigenvalue weighted by Crippen LogP contribution is 2.22. The molecule has 1 heterocycles. The molecular formula is C17H24N2O3. The van der Waals surface area contributed by atoms with Crippen LogP contribution in [0.3, 0.4) is 0 Å². The quantitative estimate of drug-likeness (QED) is 0.922. The minimum atomic E-state index is -0.536. The summed E-state index contributed by atoms with van der Waals surface area (Å²) in [4.78, 5) is 25.4. The number of aryl methyl sites for hydroxylation is 2. The van der Waals surface area contributed by atoms with E-state index in [4.69, 9.17) is 10.5 Å². The van der Waals surface area contributed by atoms with E-state index >= 15 is 0 Å². The van der Waals surface area contributed by atoms with Gasteiger partial charge in [-0.3, -0.25) is 9.59 Å². The fraction of sp³-hybridized carbons (Fsp3) is 0.529. The third kappa shape index (κ3) is 3.78. The number of benzene rings is 1. The molecule has 1 aromatic carbocycles. The molecule has 1 aliphatic heterocycles. The maximum absolute atomic E-state index is 12.5. The summed E-state index contributed by atoms with van der Waals surface area (Å²) in [6, 6.07) is 5.95. The molecule has 5 heteroatoms. The molecule has 1 atom stereocenters. The summed E-state index contributed by atoms with van der Waals surface area (Å²) in [6.07, 6.45) is 0.736. The van der Waals surface area contributed by atoms with Gasteiger partial charge in [-0.15, -0.1) is 0 Å². The molecule has 0 saturated carbocycles. The predicted octanol–water partition coefficient (Wildman–Crippen LogP) is 1.79. The van der Waals surface area contributed by atoms with Crippen molar-refractivity contribution in [1.82, 2.24) is 4.90 Å². The summed E-state index contributed by atoms with van der Waals surface area (Å²) in [7, 11) is 0. The van der Waals surface area contributed by atoms with Crippen molar-refractivity contribution < 1.29 is 14.3 Å².